The Kier molecular flexibility index (Phi) is 3.89. The van der Waals surface area contributed by atoms with E-state index in [1.54, 1.807) is 6.08 Å². The first-order valence-electron chi connectivity index (χ1n) is 4.54. The summed E-state index contributed by atoms with van der Waals surface area (Å²) in [5, 5.41) is 0. The molecule has 0 aliphatic carbocycles. The Balaban J connectivity index is 2.79. The maximum absolute atomic E-state index is 9.91. The Bertz CT molecular complexity index is 341. The number of benzene rings is 1. The first kappa shape index (κ1) is 10.5. The second-order valence-corrected chi connectivity index (χ2v) is 3.25. The predicted octanol–water partition coefficient (Wildman–Crippen LogP) is 1.63. The van der Waals surface area contributed by atoms with Gasteiger partial charge in [-0.05, 0) is 18.1 Å². The third kappa shape index (κ3) is 2.71. The van der Waals surface area contributed by atoms with Crippen molar-refractivity contribution in [1.82, 2.24) is 0 Å². The summed E-state index contributed by atoms with van der Waals surface area (Å²) >= 11 is 0. The van der Waals surface area contributed by atoms with Crippen molar-refractivity contribution in [3.63, 3.8) is 0 Å². The molecule has 0 aliphatic rings. The van der Waals surface area contributed by atoms with Crippen molar-refractivity contribution in [1.29, 1.82) is 0 Å². The van der Waals surface area contributed by atoms with Gasteiger partial charge in [-0.15, -0.1) is 0 Å². The lowest BCUT2D eigenvalue weighted by atomic mass is 10.1. The number of isocyanates is 1. The highest BCUT2D eigenvalue weighted by atomic mass is 16.1. The SMILES string of the molecule is CN(C)c1ccccc1CCN=C=O. The summed E-state index contributed by atoms with van der Waals surface area (Å²) in [7, 11) is 4.00. The maximum Gasteiger partial charge on any atom is 0.234 e. The number of hydrogen-bond donors (Lipinski definition) is 0. The molecule has 14 heavy (non-hydrogen) atoms. The van der Waals surface area contributed by atoms with Gasteiger partial charge in [0.1, 0.15) is 0 Å². The molecule has 1 aromatic rings. The second-order valence-electron chi connectivity index (χ2n) is 3.25. The minimum absolute atomic E-state index is 0.508. The largest absolute Gasteiger partial charge is 0.377 e. The van der Waals surface area contributed by atoms with Crippen LogP contribution in [-0.4, -0.2) is 26.7 Å². The van der Waals surface area contributed by atoms with Crippen LogP contribution in [0.5, 0.6) is 0 Å². The maximum atomic E-state index is 9.91. The molecule has 3 heteroatoms. The minimum atomic E-state index is 0.508. The van der Waals surface area contributed by atoms with E-state index in [0.29, 0.717) is 6.54 Å². The molecule has 1 rings (SSSR count). The third-order valence-electron chi connectivity index (χ3n) is 2.03. The average molecular weight is 190 g/mol. The number of nitrogens with zero attached hydrogens (tertiary/aromatic N) is 2. The normalized spacial score (nSPS) is 9.29. The summed E-state index contributed by atoms with van der Waals surface area (Å²) in [6.45, 7) is 0.508. The molecule has 3 nitrogen and oxygen atoms in total. The van der Waals surface area contributed by atoms with Crippen LogP contribution in [0.4, 0.5) is 5.69 Å². The molecule has 0 saturated heterocycles. The molecule has 0 aliphatic heterocycles. The Labute approximate surface area is 84.1 Å². The van der Waals surface area contributed by atoms with E-state index >= 15 is 0 Å². The average Bonchev–Trinajstić information content (AvgIpc) is 2.19. The van der Waals surface area contributed by atoms with Gasteiger partial charge in [-0.25, -0.2) is 9.79 Å². The smallest absolute Gasteiger partial charge is 0.234 e. The molecule has 0 radical (unpaired) electrons. The van der Waals surface area contributed by atoms with Gasteiger partial charge in [-0.3, -0.25) is 0 Å². The number of anilines is 1. The summed E-state index contributed by atoms with van der Waals surface area (Å²) in [5.74, 6) is 0. The van der Waals surface area contributed by atoms with Gasteiger partial charge in [0, 0.05) is 19.8 Å². The van der Waals surface area contributed by atoms with Gasteiger partial charge in [-0.1, -0.05) is 18.2 Å². The number of aliphatic imine (C=N–C) groups is 1. The summed E-state index contributed by atoms with van der Waals surface area (Å²) in [4.78, 5) is 15.5. The lowest BCUT2D eigenvalue weighted by molar-refractivity contribution is 0.563. The molecule has 0 unspecified atom stereocenters. The number of carbonyl (C=O) groups excluding carboxylic acids is 1. The van der Waals surface area contributed by atoms with Gasteiger partial charge in [0.2, 0.25) is 6.08 Å². The Hall–Kier alpha value is -1.60. The Morgan fingerprint density at radius 2 is 2.07 bits per heavy atom. The van der Waals surface area contributed by atoms with Crippen molar-refractivity contribution in [3.05, 3.63) is 29.8 Å². The zero-order valence-corrected chi connectivity index (χ0v) is 8.53. The molecular formula is C11H14N2O. The molecule has 0 atom stereocenters. The number of hydrogen-bond acceptors (Lipinski definition) is 3. The quantitative estimate of drug-likeness (QED) is 0.534. The Morgan fingerprint density at radius 3 is 2.71 bits per heavy atom. The topological polar surface area (TPSA) is 32.7 Å². The van der Waals surface area contributed by atoms with Crippen molar-refractivity contribution in [2.24, 2.45) is 4.99 Å². The van der Waals surface area contributed by atoms with Crippen LogP contribution in [0.25, 0.3) is 0 Å². The van der Waals surface area contributed by atoms with E-state index in [1.165, 1.54) is 11.3 Å². The minimum Gasteiger partial charge on any atom is -0.377 e. The second kappa shape index (κ2) is 5.20. The fourth-order valence-electron chi connectivity index (χ4n) is 1.38. The highest BCUT2D eigenvalue weighted by Gasteiger charge is 2.01. The lowest BCUT2D eigenvalue weighted by Gasteiger charge is -2.16. The van der Waals surface area contributed by atoms with Crippen molar-refractivity contribution in [3.8, 4) is 0 Å². The van der Waals surface area contributed by atoms with Crippen LogP contribution in [0.3, 0.4) is 0 Å². The van der Waals surface area contributed by atoms with Crippen LogP contribution in [0, 0.1) is 0 Å². The van der Waals surface area contributed by atoms with Crippen LogP contribution in [0.15, 0.2) is 29.3 Å². The van der Waals surface area contributed by atoms with E-state index in [0.717, 1.165) is 6.42 Å². The van der Waals surface area contributed by atoms with E-state index in [4.69, 9.17) is 0 Å². The summed E-state index contributed by atoms with van der Waals surface area (Å²) in [5.41, 5.74) is 2.38. The monoisotopic (exact) mass is 190 g/mol. The van der Waals surface area contributed by atoms with Gasteiger partial charge >= 0.3 is 0 Å². The van der Waals surface area contributed by atoms with Crippen LogP contribution in [0.1, 0.15) is 5.56 Å². The zero-order valence-electron chi connectivity index (χ0n) is 8.53. The fourth-order valence-corrected chi connectivity index (χ4v) is 1.38. The van der Waals surface area contributed by atoms with Gasteiger partial charge < -0.3 is 4.90 Å². The van der Waals surface area contributed by atoms with Crippen LogP contribution in [-0.2, 0) is 11.2 Å². The zero-order chi connectivity index (χ0) is 10.4. The van der Waals surface area contributed by atoms with Crippen molar-refractivity contribution >= 4 is 11.8 Å². The van der Waals surface area contributed by atoms with Gasteiger partial charge in [-0.2, -0.15) is 0 Å². The molecule has 74 valence electrons. The predicted molar refractivity (Wildman–Crippen MR) is 57.5 cm³/mol. The van der Waals surface area contributed by atoms with E-state index < -0.39 is 0 Å². The first-order valence-corrected chi connectivity index (χ1v) is 4.54. The van der Waals surface area contributed by atoms with E-state index in [2.05, 4.69) is 22.0 Å². The van der Waals surface area contributed by atoms with E-state index in [1.807, 2.05) is 26.2 Å². The number of para-hydroxylation sites is 1. The molecule has 0 fully saturated rings. The number of rotatable bonds is 4. The summed E-state index contributed by atoms with van der Waals surface area (Å²) < 4.78 is 0. The Morgan fingerprint density at radius 1 is 1.36 bits per heavy atom. The van der Waals surface area contributed by atoms with Crippen LogP contribution in [0.2, 0.25) is 0 Å². The molecule has 0 heterocycles. The highest BCUT2D eigenvalue weighted by molar-refractivity contribution is 5.52. The summed E-state index contributed by atoms with van der Waals surface area (Å²) in [6, 6.07) is 8.10. The van der Waals surface area contributed by atoms with Crippen molar-refractivity contribution in [2.75, 3.05) is 25.5 Å². The molecular weight excluding hydrogens is 176 g/mol. The lowest BCUT2D eigenvalue weighted by Crippen LogP contribution is -2.11. The van der Waals surface area contributed by atoms with Gasteiger partial charge in [0.05, 0.1) is 6.54 Å². The first-order chi connectivity index (χ1) is 6.75. The third-order valence-corrected chi connectivity index (χ3v) is 2.03. The molecule has 0 spiro atoms. The van der Waals surface area contributed by atoms with Crippen molar-refractivity contribution < 1.29 is 4.79 Å². The van der Waals surface area contributed by atoms with E-state index in [9.17, 15) is 4.79 Å². The van der Waals surface area contributed by atoms with Gasteiger partial charge in [0.15, 0.2) is 0 Å². The van der Waals surface area contributed by atoms with Crippen molar-refractivity contribution in [2.45, 2.75) is 6.42 Å². The van der Waals surface area contributed by atoms with Gasteiger partial charge in [0.25, 0.3) is 0 Å². The fraction of sp³-hybridized carbons (Fsp3) is 0.364. The molecule has 0 aromatic heterocycles. The molecule has 0 N–H and O–H groups in total. The molecule has 0 bridgehead atoms. The highest BCUT2D eigenvalue weighted by Crippen LogP contribution is 2.18. The molecule has 1 aromatic carbocycles. The van der Waals surface area contributed by atoms with Crippen LogP contribution >= 0.6 is 0 Å². The molecule has 0 amide bonds. The van der Waals surface area contributed by atoms with E-state index in [-0.39, 0.29) is 0 Å². The standard InChI is InChI=1S/C11H14N2O/c1-13(2)11-6-4-3-5-10(11)7-8-12-9-14/h3-6H,7-8H2,1-2H3. The molecule has 0 saturated carbocycles. The summed E-state index contributed by atoms with van der Waals surface area (Å²) in [6.07, 6.45) is 2.33. The van der Waals surface area contributed by atoms with Crippen LogP contribution < -0.4 is 4.90 Å².